The largest absolute Gasteiger partial charge is 0.326 e. The van der Waals surface area contributed by atoms with Gasteiger partial charge >= 0.3 is 0 Å². The van der Waals surface area contributed by atoms with Gasteiger partial charge in [0, 0.05) is 18.1 Å². The van der Waals surface area contributed by atoms with Crippen LogP contribution in [-0.4, -0.2) is 34.1 Å². The van der Waals surface area contributed by atoms with Crippen LogP contribution in [0.1, 0.15) is 18.7 Å². The number of rotatable bonds is 4. The molecule has 3 rings (SSSR count). The lowest BCUT2D eigenvalue weighted by atomic mass is 10.3. The molecule has 2 heterocycles. The molecule has 102 valence electrons. The van der Waals surface area contributed by atoms with Crippen molar-refractivity contribution in [2.24, 2.45) is 0 Å². The van der Waals surface area contributed by atoms with Crippen molar-refractivity contribution in [1.29, 1.82) is 0 Å². The van der Waals surface area contributed by atoms with Crippen LogP contribution in [0.25, 0.3) is 11.0 Å². The molecule has 19 heavy (non-hydrogen) atoms. The van der Waals surface area contributed by atoms with E-state index in [-0.39, 0.29) is 0 Å². The first kappa shape index (κ1) is 13.2. The predicted octanol–water partition coefficient (Wildman–Crippen LogP) is 3.52. The van der Waals surface area contributed by atoms with Crippen molar-refractivity contribution in [1.82, 2.24) is 14.5 Å². The maximum absolute atomic E-state index is 6.09. The van der Waals surface area contributed by atoms with Gasteiger partial charge in [0.15, 0.2) is 0 Å². The Morgan fingerprint density at radius 1 is 1.16 bits per heavy atom. The molecule has 0 amide bonds. The lowest BCUT2D eigenvalue weighted by Crippen LogP contribution is -2.24. The molecule has 0 N–H and O–H groups in total. The second kappa shape index (κ2) is 5.70. The Morgan fingerprint density at radius 2 is 1.95 bits per heavy atom. The third-order valence-electron chi connectivity index (χ3n) is 3.75. The van der Waals surface area contributed by atoms with Crippen LogP contribution in [0.3, 0.4) is 0 Å². The van der Waals surface area contributed by atoms with Gasteiger partial charge in [0.2, 0.25) is 0 Å². The van der Waals surface area contributed by atoms with E-state index in [9.17, 15) is 0 Å². The molecule has 3 nitrogen and oxygen atoms in total. The highest BCUT2D eigenvalue weighted by Gasteiger charge is 2.14. The van der Waals surface area contributed by atoms with Gasteiger partial charge in [-0.3, -0.25) is 0 Å². The first-order valence-corrected chi connectivity index (χ1v) is 7.62. The van der Waals surface area contributed by atoms with Gasteiger partial charge in [0.25, 0.3) is 0 Å². The number of fused-ring (bicyclic) bond motifs is 1. The van der Waals surface area contributed by atoms with E-state index in [0.29, 0.717) is 5.88 Å². The van der Waals surface area contributed by atoms with E-state index >= 15 is 0 Å². The smallest absolute Gasteiger partial charge is 0.124 e. The second-order valence-corrected chi connectivity index (χ2v) is 5.70. The van der Waals surface area contributed by atoms with Crippen LogP contribution in [0.5, 0.6) is 0 Å². The van der Waals surface area contributed by atoms with Gasteiger partial charge in [-0.2, -0.15) is 0 Å². The van der Waals surface area contributed by atoms with Crippen molar-refractivity contribution in [2.45, 2.75) is 25.3 Å². The highest BCUT2D eigenvalue weighted by molar-refractivity contribution is 6.31. The Hall–Kier alpha value is -0.770. The number of benzene rings is 1. The average Bonchev–Trinajstić information content (AvgIpc) is 3.03. The first-order chi connectivity index (χ1) is 9.28. The molecule has 1 aliphatic heterocycles. The Bertz CT molecular complexity index is 573. The summed E-state index contributed by atoms with van der Waals surface area (Å²) in [6.45, 7) is 4.41. The third-order valence-corrected chi connectivity index (χ3v) is 4.22. The molecule has 1 aromatic carbocycles. The Morgan fingerprint density at radius 3 is 2.68 bits per heavy atom. The number of alkyl halides is 1. The third kappa shape index (κ3) is 2.73. The molecule has 5 heteroatoms. The molecule has 0 saturated carbocycles. The molecule has 0 spiro atoms. The van der Waals surface area contributed by atoms with E-state index in [1.807, 2.05) is 18.2 Å². The lowest BCUT2D eigenvalue weighted by molar-refractivity contribution is 0.323. The van der Waals surface area contributed by atoms with Crippen molar-refractivity contribution in [3.63, 3.8) is 0 Å². The van der Waals surface area contributed by atoms with Crippen LogP contribution in [0.4, 0.5) is 0 Å². The zero-order chi connectivity index (χ0) is 13.2. The Balaban J connectivity index is 1.88. The highest BCUT2D eigenvalue weighted by Crippen LogP contribution is 2.22. The zero-order valence-electron chi connectivity index (χ0n) is 10.8. The molecule has 0 unspecified atom stereocenters. The monoisotopic (exact) mass is 297 g/mol. The number of hydrogen-bond donors (Lipinski definition) is 0. The molecular formula is C14H17Cl2N3. The average molecular weight is 298 g/mol. The fraction of sp³-hybridized carbons (Fsp3) is 0.500. The minimum Gasteiger partial charge on any atom is -0.326 e. The van der Waals surface area contributed by atoms with Crippen LogP contribution in [0.2, 0.25) is 5.02 Å². The standard InChI is InChI=1S/C14H17Cl2N3/c15-10-14-17-12-4-3-11(16)9-13(12)19(14)8-7-18-5-1-2-6-18/h3-4,9H,1-2,5-8,10H2. The van der Waals surface area contributed by atoms with Gasteiger partial charge in [-0.05, 0) is 44.1 Å². The SMILES string of the molecule is ClCc1nc2ccc(Cl)cc2n1CCN1CCCC1. The minimum absolute atomic E-state index is 0.437. The predicted molar refractivity (Wildman–Crippen MR) is 80.0 cm³/mol. The number of nitrogens with zero attached hydrogens (tertiary/aromatic N) is 3. The fourth-order valence-electron chi connectivity index (χ4n) is 2.74. The van der Waals surface area contributed by atoms with Crippen LogP contribution in [0.15, 0.2) is 18.2 Å². The van der Waals surface area contributed by atoms with E-state index in [1.165, 1.54) is 25.9 Å². The maximum atomic E-state index is 6.09. The summed E-state index contributed by atoms with van der Waals surface area (Å²) in [6.07, 6.45) is 2.64. The number of likely N-dealkylation sites (tertiary alicyclic amines) is 1. The van der Waals surface area contributed by atoms with Gasteiger partial charge < -0.3 is 9.47 Å². The first-order valence-electron chi connectivity index (χ1n) is 6.71. The summed E-state index contributed by atoms with van der Waals surface area (Å²) in [6, 6.07) is 5.81. The molecule has 1 saturated heterocycles. The van der Waals surface area contributed by atoms with Crippen molar-refractivity contribution in [3.8, 4) is 0 Å². The zero-order valence-corrected chi connectivity index (χ0v) is 12.3. The number of halogens is 2. The second-order valence-electron chi connectivity index (χ2n) is 5.00. The summed E-state index contributed by atoms with van der Waals surface area (Å²) in [5.74, 6) is 1.37. The van der Waals surface area contributed by atoms with E-state index in [2.05, 4.69) is 14.5 Å². The topological polar surface area (TPSA) is 21.1 Å². The molecule has 2 aromatic rings. The fourth-order valence-corrected chi connectivity index (χ4v) is 3.12. The summed E-state index contributed by atoms with van der Waals surface area (Å²) in [5.41, 5.74) is 2.06. The van der Waals surface area contributed by atoms with Gasteiger partial charge in [0.1, 0.15) is 5.82 Å². The summed E-state index contributed by atoms with van der Waals surface area (Å²) in [5, 5.41) is 0.746. The highest BCUT2D eigenvalue weighted by atomic mass is 35.5. The van der Waals surface area contributed by atoms with Gasteiger partial charge in [-0.15, -0.1) is 11.6 Å². The molecule has 0 aliphatic carbocycles. The number of imidazole rings is 1. The minimum atomic E-state index is 0.437. The van der Waals surface area contributed by atoms with E-state index < -0.39 is 0 Å². The molecule has 0 radical (unpaired) electrons. The van der Waals surface area contributed by atoms with Crippen molar-refractivity contribution >= 4 is 34.2 Å². The molecule has 1 fully saturated rings. The molecule has 0 atom stereocenters. The molecule has 1 aromatic heterocycles. The van der Waals surface area contributed by atoms with Crippen molar-refractivity contribution in [3.05, 3.63) is 29.0 Å². The van der Waals surface area contributed by atoms with Crippen molar-refractivity contribution in [2.75, 3.05) is 19.6 Å². The normalized spacial score (nSPS) is 16.5. The van der Waals surface area contributed by atoms with E-state index in [1.54, 1.807) is 0 Å². The molecular weight excluding hydrogens is 281 g/mol. The van der Waals surface area contributed by atoms with Crippen LogP contribution < -0.4 is 0 Å². The van der Waals surface area contributed by atoms with Gasteiger partial charge in [-0.25, -0.2) is 4.98 Å². The molecule has 0 bridgehead atoms. The summed E-state index contributed by atoms with van der Waals surface area (Å²) in [4.78, 5) is 7.07. The number of aromatic nitrogens is 2. The van der Waals surface area contributed by atoms with E-state index in [4.69, 9.17) is 23.2 Å². The van der Waals surface area contributed by atoms with Crippen LogP contribution in [0, 0.1) is 0 Å². The van der Waals surface area contributed by atoms with Crippen LogP contribution >= 0.6 is 23.2 Å². The molecule has 1 aliphatic rings. The van der Waals surface area contributed by atoms with Crippen molar-refractivity contribution < 1.29 is 0 Å². The number of hydrogen-bond acceptors (Lipinski definition) is 2. The quantitative estimate of drug-likeness (QED) is 0.805. The Kier molecular flexibility index (Phi) is 3.96. The van der Waals surface area contributed by atoms with Crippen LogP contribution in [-0.2, 0) is 12.4 Å². The van der Waals surface area contributed by atoms with E-state index in [0.717, 1.165) is 35.0 Å². The maximum Gasteiger partial charge on any atom is 0.124 e. The van der Waals surface area contributed by atoms with Gasteiger partial charge in [0.05, 0.1) is 16.9 Å². The van der Waals surface area contributed by atoms with Gasteiger partial charge in [-0.1, -0.05) is 11.6 Å². The Labute approximate surface area is 123 Å². The lowest BCUT2D eigenvalue weighted by Gasteiger charge is -2.16. The summed E-state index contributed by atoms with van der Waals surface area (Å²) in [7, 11) is 0. The summed E-state index contributed by atoms with van der Waals surface area (Å²) < 4.78 is 2.20. The summed E-state index contributed by atoms with van der Waals surface area (Å²) >= 11 is 12.1.